The summed E-state index contributed by atoms with van der Waals surface area (Å²) >= 11 is 1.70. The molecule has 2 rings (SSSR count). The minimum Gasteiger partial charge on any atom is -0.351 e. The second kappa shape index (κ2) is 6.24. The summed E-state index contributed by atoms with van der Waals surface area (Å²) in [5.41, 5.74) is 3.67. The van der Waals surface area contributed by atoms with Crippen molar-refractivity contribution in [2.75, 3.05) is 12.0 Å². The smallest absolute Gasteiger partial charge is 0.251 e. The first-order valence-electron chi connectivity index (χ1n) is 6.70. The number of hydrazine groups is 1. The summed E-state index contributed by atoms with van der Waals surface area (Å²) in [6, 6.07) is 7.49. The highest BCUT2D eigenvalue weighted by atomic mass is 32.1. The molecule has 0 aromatic carbocycles. The van der Waals surface area contributed by atoms with Gasteiger partial charge in [0.05, 0.1) is 0 Å². The molecule has 6 heteroatoms. The Morgan fingerprint density at radius 3 is 2.81 bits per heavy atom. The molecular weight excluding hydrogens is 284 g/mol. The van der Waals surface area contributed by atoms with Gasteiger partial charge in [-0.05, 0) is 30.5 Å². The Balaban J connectivity index is 2.07. The first-order chi connectivity index (χ1) is 9.92. The molecule has 0 bridgehead atoms. The van der Waals surface area contributed by atoms with Crippen LogP contribution in [0, 0.1) is 6.92 Å². The number of amides is 1. The molecule has 0 radical (unpaired) electrons. The molecule has 2 aromatic rings. The summed E-state index contributed by atoms with van der Waals surface area (Å²) in [5, 5.41) is 5.02. The Kier molecular flexibility index (Phi) is 4.59. The van der Waals surface area contributed by atoms with E-state index in [1.54, 1.807) is 23.5 Å². The average molecular weight is 304 g/mol. The number of aromatic nitrogens is 1. The van der Waals surface area contributed by atoms with E-state index in [0.29, 0.717) is 17.9 Å². The fourth-order valence-electron chi connectivity index (χ4n) is 2.03. The van der Waals surface area contributed by atoms with E-state index in [-0.39, 0.29) is 11.3 Å². The molecule has 0 atom stereocenters. The number of pyridine rings is 1. The second-order valence-corrected chi connectivity index (χ2v) is 6.52. The second-order valence-electron chi connectivity index (χ2n) is 5.57. The van der Waals surface area contributed by atoms with Crippen LogP contribution in [-0.4, -0.2) is 17.4 Å². The lowest BCUT2D eigenvalue weighted by Gasteiger charge is -2.23. The van der Waals surface area contributed by atoms with Crippen LogP contribution in [0.25, 0.3) is 0 Å². The topological polar surface area (TPSA) is 80.0 Å². The Morgan fingerprint density at radius 1 is 1.43 bits per heavy atom. The van der Waals surface area contributed by atoms with Crippen LogP contribution in [0.15, 0.2) is 29.6 Å². The maximum absolute atomic E-state index is 12.3. The number of thiophene rings is 1. The van der Waals surface area contributed by atoms with Gasteiger partial charge >= 0.3 is 0 Å². The quantitative estimate of drug-likeness (QED) is 0.585. The molecule has 2 heterocycles. The van der Waals surface area contributed by atoms with Gasteiger partial charge in [-0.25, -0.2) is 10.8 Å². The van der Waals surface area contributed by atoms with Crippen molar-refractivity contribution in [1.29, 1.82) is 0 Å². The van der Waals surface area contributed by atoms with Crippen molar-refractivity contribution in [2.24, 2.45) is 5.84 Å². The van der Waals surface area contributed by atoms with Gasteiger partial charge in [0.2, 0.25) is 0 Å². The molecule has 21 heavy (non-hydrogen) atoms. The molecule has 1 amide bonds. The maximum atomic E-state index is 12.3. The molecule has 4 N–H and O–H groups in total. The monoisotopic (exact) mass is 304 g/mol. The number of nitrogens with two attached hydrogens (primary N) is 1. The predicted molar refractivity (Wildman–Crippen MR) is 86.5 cm³/mol. The summed E-state index contributed by atoms with van der Waals surface area (Å²) < 4.78 is 0. The van der Waals surface area contributed by atoms with Crippen molar-refractivity contribution >= 4 is 23.1 Å². The van der Waals surface area contributed by atoms with Crippen LogP contribution in [0.1, 0.15) is 34.8 Å². The van der Waals surface area contributed by atoms with Crippen LogP contribution < -0.4 is 16.6 Å². The average Bonchev–Trinajstić information content (AvgIpc) is 2.99. The van der Waals surface area contributed by atoms with Crippen LogP contribution in [0.5, 0.6) is 0 Å². The van der Waals surface area contributed by atoms with Gasteiger partial charge in [0.1, 0.15) is 5.82 Å². The molecule has 0 spiro atoms. The van der Waals surface area contributed by atoms with Gasteiger partial charge in [0.25, 0.3) is 5.91 Å². The molecule has 0 aliphatic heterocycles. The van der Waals surface area contributed by atoms with E-state index in [1.165, 1.54) is 4.88 Å². The number of nitrogens with zero attached hydrogens (tertiary/aromatic N) is 1. The number of anilines is 1. The highest BCUT2D eigenvalue weighted by Gasteiger charge is 2.22. The fraction of sp³-hybridized carbons (Fsp3) is 0.333. The molecule has 0 fully saturated rings. The third-order valence-electron chi connectivity index (χ3n) is 3.24. The molecule has 5 nitrogen and oxygen atoms in total. The number of rotatable bonds is 5. The molecule has 0 unspecified atom stereocenters. The highest BCUT2D eigenvalue weighted by Crippen LogP contribution is 2.26. The van der Waals surface area contributed by atoms with E-state index in [4.69, 9.17) is 5.84 Å². The number of carbonyl (C=O) groups excluding carboxylic acids is 1. The van der Waals surface area contributed by atoms with Gasteiger partial charge in [-0.15, -0.1) is 11.3 Å². The summed E-state index contributed by atoms with van der Waals surface area (Å²) in [7, 11) is 0. The lowest BCUT2D eigenvalue weighted by atomic mass is 9.91. The van der Waals surface area contributed by atoms with Gasteiger partial charge in [0.15, 0.2) is 0 Å². The molecule has 2 aromatic heterocycles. The lowest BCUT2D eigenvalue weighted by molar-refractivity contribution is 0.0945. The van der Waals surface area contributed by atoms with Gasteiger partial charge in [0, 0.05) is 28.1 Å². The van der Waals surface area contributed by atoms with Crippen LogP contribution in [0.2, 0.25) is 0 Å². The van der Waals surface area contributed by atoms with E-state index in [1.807, 2.05) is 18.4 Å². The first-order valence-corrected chi connectivity index (χ1v) is 7.58. The molecule has 0 aliphatic carbocycles. The number of nitrogen functional groups attached to an aromatic ring is 1. The number of hydrogen-bond donors (Lipinski definition) is 3. The molecule has 112 valence electrons. The SMILES string of the molecule is Cc1cc(C(=O)NCC(C)(C)c2cccs2)cc(NN)n1. The zero-order valence-electron chi connectivity index (χ0n) is 12.4. The number of hydrogen-bond acceptors (Lipinski definition) is 5. The molecule has 0 saturated heterocycles. The normalized spacial score (nSPS) is 11.2. The Bertz CT molecular complexity index is 623. The van der Waals surface area contributed by atoms with E-state index in [0.717, 1.165) is 5.69 Å². The number of carbonyl (C=O) groups is 1. The van der Waals surface area contributed by atoms with Crippen molar-refractivity contribution in [2.45, 2.75) is 26.2 Å². The highest BCUT2D eigenvalue weighted by molar-refractivity contribution is 7.10. The van der Waals surface area contributed by atoms with Crippen molar-refractivity contribution in [3.8, 4) is 0 Å². The van der Waals surface area contributed by atoms with Crippen LogP contribution in [0.4, 0.5) is 5.82 Å². The summed E-state index contributed by atoms with van der Waals surface area (Å²) in [6.45, 7) is 6.62. The Morgan fingerprint density at radius 2 is 2.19 bits per heavy atom. The lowest BCUT2D eigenvalue weighted by Crippen LogP contribution is -2.36. The van der Waals surface area contributed by atoms with Crippen molar-refractivity contribution < 1.29 is 4.79 Å². The number of nitrogens with one attached hydrogen (secondary N) is 2. The predicted octanol–water partition coefficient (Wildman–Crippen LogP) is 2.44. The zero-order chi connectivity index (χ0) is 15.5. The third-order valence-corrected chi connectivity index (χ3v) is 4.48. The molecular formula is C15H20N4OS. The number of aryl methyl sites for hydroxylation is 1. The van der Waals surface area contributed by atoms with E-state index >= 15 is 0 Å². The van der Waals surface area contributed by atoms with Gasteiger partial charge in [-0.1, -0.05) is 19.9 Å². The summed E-state index contributed by atoms with van der Waals surface area (Å²) in [4.78, 5) is 17.7. The van der Waals surface area contributed by atoms with Crippen molar-refractivity contribution in [1.82, 2.24) is 10.3 Å². The van der Waals surface area contributed by atoms with Crippen LogP contribution >= 0.6 is 11.3 Å². The fourth-order valence-corrected chi connectivity index (χ4v) is 2.88. The summed E-state index contributed by atoms with van der Waals surface area (Å²) in [6.07, 6.45) is 0. The summed E-state index contributed by atoms with van der Waals surface area (Å²) in [5.74, 6) is 5.71. The Hall–Kier alpha value is -1.92. The van der Waals surface area contributed by atoms with E-state index < -0.39 is 0 Å². The maximum Gasteiger partial charge on any atom is 0.251 e. The molecule has 0 saturated carbocycles. The van der Waals surface area contributed by atoms with E-state index in [2.05, 4.69) is 35.6 Å². The van der Waals surface area contributed by atoms with Gasteiger partial charge in [-0.3, -0.25) is 4.79 Å². The minimum atomic E-state index is -0.123. The van der Waals surface area contributed by atoms with Crippen LogP contribution in [-0.2, 0) is 5.41 Å². The molecule has 0 aliphatic rings. The largest absolute Gasteiger partial charge is 0.351 e. The third kappa shape index (κ3) is 3.80. The van der Waals surface area contributed by atoms with Gasteiger partial charge in [-0.2, -0.15) is 0 Å². The standard InChI is InChI=1S/C15H20N4OS/c1-10-7-11(8-13(18-10)19-16)14(20)17-9-15(2,3)12-5-4-6-21-12/h4-8H,9,16H2,1-3H3,(H,17,20)(H,18,19). The van der Waals surface area contributed by atoms with E-state index in [9.17, 15) is 4.79 Å². The zero-order valence-corrected chi connectivity index (χ0v) is 13.3. The minimum absolute atomic E-state index is 0.0964. The van der Waals surface area contributed by atoms with Gasteiger partial charge < -0.3 is 10.7 Å². The first kappa shape index (κ1) is 15.5. The van der Waals surface area contributed by atoms with Crippen molar-refractivity contribution in [3.63, 3.8) is 0 Å². The Labute approximate surface area is 128 Å². The van der Waals surface area contributed by atoms with Crippen LogP contribution in [0.3, 0.4) is 0 Å². The van der Waals surface area contributed by atoms with Crippen molar-refractivity contribution in [3.05, 3.63) is 45.8 Å².